The van der Waals surface area contributed by atoms with Crippen molar-refractivity contribution in [2.45, 2.75) is 45.8 Å². The summed E-state index contributed by atoms with van der Waals surface area (Å²) in [7, 11) is 0. The van der Waals surface area contributed by atoms with Crippen molar-refractivity contribution in [3.63, 3.8) is 0 Å². The molecule has 0 aliphatic rings. The normalized spacial score (nSPS) is 13.6. The molecular formula is C12H19NO3. The van der Waals surface area contributed by atoms with Crippen molar-refractivity contribution in [1.82, 2.24) is 0 Å². The third kappa shape index (κ3) is 3.38. The lowest BCUT2D eigenvalue weighted by atomic mass is 10.2. The molecule has 1 heterocycles. The first kappa shape index (κ1) is 12.8. The van der Waals surface area contributed by atoms with Gasteiger partial charge in [-0.2, -0.15) is 0 Å². The van der Waals surface area contributed by atoms with Crippen LogP contribution < -0.4 is 5.73 Å². The number of hydrogen-bond donors (Lipinski definition) is 1. The minimum atomic E-state index is -0.517. The zero-order chi connectivity index (χ0) is 12.3. The van der Waals surface area contributed by atoms with E-state index in [-0.39, 0.29) is 11.8 Å². The molecule has 4 heteroatoms. The lowest BCUT2D eigenvalue weighted by Gasteiger charge is -2.18. The van der Waals surface area contributed by atoms with Gasteiger partial charge < -0.3 is 14.9 Å². The average Bonchev–Trinajstić information content (AvgIpc) is 2.62. The van der Waals surface area contributed by atoms with Gasteiger partial charge in [0.1, 0.15) is 11.4 Å². The first-order valence-corrected chi connectivity index (χ1v) is 5.42. The minimum Gasteiger partial charge on any atom is -0.454 e. The molecule has 1 rings (SSSR count). The molecule has 0 spiro atoms. The zero-order valence-electron chi connectivity index (χ0n) is 10.2. The Morgan fingerprint density at radius 3 is 2.62 bits per heavy atom. The van der Waals surface area contributed by atoms with Gasteiger partial charge in [0, 0.05) is 0 Å². The van der Waals surface area contributed by atoms with E-state index in [1.54, 1.807) is 12.1 Å². The fraction of sp³-hybridized carbons (Fsp3) is 0.583. The summed E-state index contributed by atoms with van der Waals surface area (Å²) < 4.78 is 10.5. The van der Waals surface area contributed by atoms with Gasteiger partial charge in [0.25, 0.3) is 0 Å². The summed E-state index contributed by atoms with van der Waals surface area (Å²) in [5, 5.41) is 0. The van der Waals surface area contributed by atoms with Crippen molar-refractivity contribution in [3.05, 3.63) is 23.7 Å². The number of carbonyl (C=O) groups excluding carboxylic acids is 1. The lowest BCUT2D eigenvalue weighted by molar-refractivity contribution is 0.00339. The third-order valence-corrected chi connectivity index (χ3v) is 2.03. The summed E-state index contributed by atoms with van der Waals surface area (Å²) in [5.74, 6) is 0.360. The average molecular weight is 225 g/mol. The van der Waals surface area contributed by atoms with E-state index in [4.69, 9.17) is 14.9 Å². The van der Waals surface area contributed by atoms with Crippen LogP contribution in [-0.4, -0.2) is 11.6 Å². The van der Waals surface area contributed by atoms with Gasteiger partial charge in [-0.05, 0) is 39.3 Å². The van der Waals surface area contributed by atoms with Crippen molar-refractivity contribution in [2.75, 3.05) is 0 Å². The summed E-state index contributed by atoms with van der Waals surface area (Å²) in [4.78, 5) is 11.6. The van der Waals surface area contributed by atoms with Gasteiger partial charge in [-0.25, -0.2) is 4.79 Å². The highest BCUT2D eigenvalue weighted by atomic mass is 16.6. The predicted octanol–water partition coefficient (Wildman–Crippen LogP) is 2.64. The number of carbonyl (C=O) groups is 1. The van der Waals surface area contributed by atoms with Crippen LogP contribution in [0.25, 0.3) is 0 Å². The highest BCUT2D eigenvalue weighted by Gasteiger charge is 2.21. The minimum absolute atomic E-state index is 0.170. The topological polar surface area (TPSA) is 65.5 Å². The molecule has 16 heavy (non-hydrogen) atoms. The van der Waals surface area contributed by atoms with Gasteiger partial charge in [0.05, 0.1) is 6.04 Å². The van der Waals surface area contributed by atoms with Crippen LogP contribution in [0.4, 0.5) is 0 Å². The first-order valence-electron chi connectivity index (χ1n) is 5.42. The molecule has 0 aliphatic carbocycles. The summed E-state index contributed by atoms with van der Waals surface area (Å²) in [6.07, 6.45) is 0.765. The number of ether oxygens (including phenoxy) is 1. The highest BCUT2D eigenvalue weighted by molar-refractivity contribution is 5.86. The van der Waals surface area contributed by atoms with Gasteiger partial charge in [0.2, 0.25) is 5.76 Å². The molecule has 0 saturated heterocycles. The Bertz CT molecular complexity index is 363. The number of furan rings is 1. The second kappa shape index (κ2) is 4.70. The van der Waals surface area contributed by atoms with Crippen molar-refractivity contribution < 1.29 is 13.9 Å². The molecule has 0 radical (unpaired) electrons. The van der Waals surface area contributed by atoms with E-state index >= 15 is 0 Å². The number of nitrogens with two attached hydrogens (primary N) is 1. The molecule has 0 bridgehead atoms. The molecule has 2 N–H and O–H groups in total. The maximum absolute atomic E-state index is 11.6. The Balaban J connectivity index is 2.75. The van der Waals surface area contributed by atoms with E-state index in [0.29, 0.717) is 5.76 Å². The highest BCUT2D eigenvalue weighted by Crippen LogP contribution is 2.19. The smallest absolute Gasteiger partial charge is 0.374 e. The van der Waals surface area contributed by atoms with Gasteiger partial charge in [0.15, 0.2) is 0 Å². The van der Waals surface area contributed by atoms with Crippen LogP contribution >= 0.6 is 0 Å². The van der Waals surface area contributed by atoms with Crippen LogP contribution in [0.1, 0.15) is 56.5 Å². The zero-order valence-corrected chi connectivity index (χ0v) is 10.2. The quantitative estimate of drug-likeness (QED) is 0.803. The fourth-order valence-electron chi connectivity index (χ4n) is 1.19. The Labute approximate surface area is 95.8 Å². The Kier molecular flexibility index (Phi) is 3.75. The fourth-order valence-corrected chi connectivity index (χ4v) is 1.19. The number of hydrogen-bond acceptors (Lipinski definition) is 4. The molecule has 0 aromatic carbocycles. The van der Waals surface area contributed by atoms with Crippen LogP contribution in [0.5, 0.6) is 0 Å². The maximum atomic E-state index is 11.6. The molecular weight excluding hydrogens is 206 g/mol. The van der Waals surface area contributed by atoms with Crippen molar-refractivity contribution in [1.29, 1.82) is 0 Å². The van der Waals surface area contributed by atoms with E-state index < -0.39 is 11.6 Å². The van der Waals surface area contributed by atoms with Crippen molar-refractivity contribution in [3.8, 4) is 0 Å². The van der Waals surface area contributed by atoms with Gasteiger partial charge in [-0.3, -0.25) is 0 Å². The van der Waals surface area contributed by atoms with Crippen LogP contribution in [0.3, 0.4) is 0 Å². The molecule has 1 atom stereocenters. The Morgan fingerprint density at radius 1 is 1.50 bits per heavy atom. The molecule has 0 saturated carbocycles. The van der Waals surface area contributed by atoms with Gasteiger partial charge >= 0.3 is 5.97 Å². The number of rotatable bonds is 3. The van der Waals surface area contributed by atoms with E-state index in [0.717, 1.165) is 6.42 Å². The summed E-state index contributed by atoms with van der Waals surface area (Å²) in [6, 6.07) is 3.14. The van der Waals surface area contributed by atoms with Crippen LogP contribution in [0.15, 0.2) is 16.5 Å². The lowest BCUT2D eigenvalue weighted by Crippen LogP contribution is -2.23. The second-order valence-corrected chi connectivity index (χ2v) is 4.72. The molecule has 1 aromatic heterocycles. The summed E-state index contributed by atoms with van der Waals surface area (Å²) in [6.45, 7) is 7.39. The Hall–Kier alpha value is -1.29. The largest absolute Gasteiger partial charge is 0.454 e. The van der Waals surface area contributed by atoms with E-state index in [9.17, 15) is 4.79 Å². The molecule has 0 amide bonds. The van der Waals surface area contributed by atoms with Crippen LogP contribution in [-0.2, 0) is 4.74 Å². The molecule has 0 aliphatic heterocycles. The second-order valence-electron chi connectivity index (χ2n) is 4.72. The van der Waals surface area contributed by atoms with Crippen LogP contribution in [0, 0.1) is 0 Å². The van der Waals surface area contributed by atoms with Crippen LogP contribution in [0.2, 0.25) is 0 Å². The third-order valence-electron chi connectivity index (χ3n) is 2.03. The van der Waals surface area contributed by atoms with E-state index in [2.05, 4.69) is 0 Å². The SMILES string of the molecule is CC[C@@H](N)c1ccc(C(=O)OC(C)(C)C)o1. The Morgan fingerprint density at radius 2 is 2.12 bits per heavy atom. The molecule has 4 nitrogen and oxygen atoms in total. The molecule has 0 unspecified atom stereocenters. The van der Waals surface area contributed by atoms with Gasteiger partial charge in [-0.1, -0.05) is 6.92 Å². The number of esters is 1. The first-order chi connectivity index (χ1) is 7.33. The van der Waals surface area contributed by atoms with Gasteiger partial charge in [-0.15, -0.1) is 0 Å². The standard InChI is InChI=1S/C12H19NO3/c1-5-8(13)9-6-7-10(15-9)11(14)16-12(2,3)4/h6-8H,5,13H2,1-4H3/t8-/m1/s1. The van der Waals surface area contributed by atoms with Crippen molar-refractivity contribution >= 4 is 5.97 Å². The molecule has 0 fully saturated rings. The predicted molar refractivity (Wildman–Crippen MR) is 61.1 cm³/mol. The summed E-state index contributed by atoms with van der Waals surface area (Å²) >= 11 is 0. The van der Waals surface area contributed by atoms with Crippen molar-refractivity contribution in [2.24, 2.45) is 5.73 Å². The molecule has 90 valence electrons. The van der Waals surface area contributed by atoms with E-state index in [1.807, 2.05) is 27.7 Å². The maximum Gasteiger partial charge on any atom is 0.374 e. The van der Waals surface area contributed by atoms with E-state index in [1.165, 1.54) is 0 Å². The molecule has 1 aromatic rings. The summed E-state index contributed by atoms with van der Waals surface area (Å²) in [5.41, 5.74) is 5.27. The monoisotopic (exact) mass is 225 g/mol.